The molecular weight excluding hydrogens is 288 g/mol. The van der Waals surface area contributed by atoms with E-state index < -0.39 is 0 Å². The van der Waals surface area contributed by atoms with Gasteiger partial charge in [0.1, 0.15) is 0 Å². The molecule has 116 valence electrons. The van der Waals surface area contributed by atoms with E-state index in [0.29, 0.717) is 12.0 Å². The summed E-state index contributed by atoms with van der Waals surface area (Å²) >= 11 is 0. The molecule has 4 heteroatoms. The third-order valence-corrected chi connectivity index (χ3v) is 3.50. The molecule has 1 atom stereocenters. The minimum atomic E-state index is -0.362. The third kappa shape index (κ3) is 4.52. The van der Waals surface area contributed by atoms with Crippen LogP contribution in [0.2, 0.25) is 0 Å². The van der Waals surface area contributed by atoms with Gasteiger partial charge in [-0.1, -0.05) is 24.3 Å². The molecule has 0 aliphatic heterocycles. The second-order valence-corrected chi connectivity index (χ2v) is 5.40. The topological polar surface area (TPSA) is 59.1 Å². The first-order valence-electron chi connectivity index (χ1n) is 7.30. The molecule has 0 spiro atoms. The van der Waals surface area contributed by atoms with Gasteiger partial charge in [-0.05, 0) is 42.0 Å². The first-order chi connectivity index (χ1) is 11.0. The van der Waals surface area contributed by atoms with Crippen LogP contribution >= 0.6 is 0 Å². The number of pyridine rings is 1. The summed E-state index contributed by atoms with van der Waals surface area (Å²) in [7, 11) is 0. The predicted molar refractivity (Wildman–Crippen MR) is 88.9 cm³/mol. The van der Waals surface area contributed by atoms with Crippen molar-refractivity contribution in [3.05, 3.63) is 65.0 Å². The second kappa shape index (κ2) is 7.37. The average Bonchev–Trinajstić information content (AvgIpc) is 2.54. The van der Waals surface area contributed by atoms with Gasteiger partial charge < -0.3 is 5.32 Å². The Morgan fingerprint density at radius 3 is 2.52 bits per heavy atom. The molecular formula is C19H18N2O2. The van der Waals surface area contributed by atoms with Crippen LogP contribution in [-0.2, 0) is 11.2 Å². The number of ketones is 1. The van der Waals surface area contributed by atoms with E-state index in [4.69, 9.17) is 6.42 Å². The Morgan fingerprint density at radius 1 is 1.22 bits per heavy atom. The Kier molecular flexibility index (Phi) is 5.27. The smallest absolute Gasteiger partial charge is 0.237 e. The molecule has 0 saturated heterocycles. The monoisotopic (exact) mass is 306 g/mol. The lowest BCUT2D eigenvalue weighted by molar-refractivity contribution is -0.119. The van der Waals surface area contributed by atoms with Gasteiger partial charge >= 0.3 is 0 Å². The summed E-state index contributed by atoms with van der Waals surface area (Å²) in [5.41, 5.74) is 3.49. The van der Waals surface area contributed by atoms with Gasteiger partial charge in [-0.3, -0.25) is 14.6 Å². The lowest BCUT2D eigenvalue weighted by Crippen LogP contribution is -2.23. The number of amides is 1. The summed E-state index contributed by atoms with van der Waals surface area (Å²) in [6.07, 6.45) is 8.99. The molecule has 0 bridgehead atoms. The van der Waals surface area contributed by atoms with Gasteiger partial charge in [-0.2, -0.15) is 0 Å². The number of hydrogen-bond donors (Lipinski definition) is 1. The largest absolute Gasteiger partial charge is 0.350 e. The van der Waals surface area contributed by atoms with Crippen LogP contribution in [0.15, 0.2) is 42.7 Å². The molecule has 0 fully saturated rings. The van der Waals surface area contributed by atoms with Crippen molar-refractivity contribution >= 4 is 11.7 Å². The van der Waals surface area contributed by atoms with Crippen LogP contribution in [0.4, 0.5) is 0 Å². The summed E-state index contributed by atoms with van der Waals surface area (Å²) < 4.78 is 0. The van der Waals surface area contributed by atoms with Crippen molar-refractivity contribution in [2.75, 3.05) is 0 Å². The van der Waals surface area contributed by atoms with Gasteiger partial charge in [-0.25, -0.2) is 0 Å². The quantitative estimate of drug-likeness (QED) is 0.525. The van der Waals surface area contributed by atoms with Crippen molar-refractivity contribution in [2.24, 2.45) is 0 Å². The van der Waals surface area contributed by atoms with Crippen molar-refractivity contribution in [1.82, 2.24) is 10.3 Å². The number of aromatic nitrogens is 1. The van der Waals surface area contributed by atoms with Crippen molar-refractivity contribution < 1.29 is 9.59 Å². The molecule has 0 aliphatic rings. The van der Waals surface area contributed by atoms with E-state index in [2.05, 4.69) is 16.2 Å². The van der Waals surface area contributed by atoms with Crippen LogP contribution in [0.1, 0.15) is 46.9 Å². The summed E-state index contributed by atoms with van der Waals surface area (Å²) in [5.74, 6) is 1.68. The Bertz CT molecular complexity index is 758. The summed E-state index contributed by atoms with van der Waals surface area (Å²) in [4.78, 5) is 26.7. The molecule has 0 saturated carbocycles. The molecule has 1 aromatic carbocycles. The number of carbonyl (C=O) groups excluding carboxylic acids is 2. The van der Waals surface area contributed by atoms with Gasteiger partial charge in [0.15, 0.2) is 0 Å². The summed E-state index contributed by atoms with van der Waals surface area (Å²) in [6.45, 7) is 3.44. The number of rotatable bonds is 5. The number of hydrogen-bond acceptors (Lipinski definition) is 3. The maximum Gasteiger partial charge on any atom is 0.237 e. The summed E-state index contributed by atoms with van der Waals surface area (Å²) in [6, 6.07) is 9.72. The highest BCUT2D eigenvalue weighted by atomic mass is 16.1. The molecule has 4 nitrogen and oxygen atoms in total. The van der Waals surface area contributed by atoms with Crippen molar-refractivity contribution in [3.63, 3.8) is 0 Å². The van der Waals surface area contributed by atoms with E-state index in [9.17, 15) is 9.59 Å². The van der Waals surface area contributed by atoms with E-state index in [-0.39, 0.29) is 17.7 Å². The first-order valence-corrected chi connectivity index (χ1v) is 7.30. The molecule has 23 heavy (non-hydrogen) atoms. The van der Waals surface area contributed by atoms with Crippen molar-refractivity contribution in [1.29, 1.82) is 0 Å². The normalized spacial score (nSPS) is 11.3. The minimum Gasteiger partial charge on any atom is -0.350 e. The van der Waals surface area contributed by atoms with Crippen molar-refractivity contribution in [3.8, 4) is 12.3 Å². The van der Waals surface area contributed by atoms with E-state index in [1.54, 1.807) is 12.3 Å². The van der Waals surface area contributed by atoms with Gasteiger partial charge in [-0.15, -0.1) is 6.42 Å². The van der Waals surface area contributed by atoms with E-state index in [1.165, 1.54) is 13.1 Å². The molecule has 1 amide bonds. The first kappa shape index (κ1) is 16.4. The highest BCUT2D eigenvalue weighted by Crippen LogP contribution is 2.16. The highest BCUT2D eigenvalue weighted by Gasteiger charge is 2.07. The predicted octanol–water partition coefficient (Wildman–Crippen LogP) is 2.69. The van der Waals surface area contributed by atoms with Gasteiger partial charge in [0, 0.05) is 24.9 Å². The number of Topliss-reactive ketones (excluding diaryl/α,β-unsaturated/α-hetero) is 1. The van der Waals surface area contributed by atoms with Gasteiger partial charge in [0.05, 0.1) is 6.04 Å². The number of nitrogens with zero attached hydrogens (tertiary/aromatic N) is 1. The van der Waals surface area contributed by atoms with E-state index >= 15 is 0 Å². The molecule has 0 radical (unpaired) electrons. The molecule has 1 aromatic heterocycles. The third-order valence-electron chi connectivity index (χ3n) is 3.50. The lowest BCUT2D eigenvalue weighted by atomic mass is 10.0. The fourth-order valence-electron chi connectivity index (χ4n) is 2.34. The van der Waals surface area contributed by atoms with Crippen LogP contribution in [0.25, 0.3) is 0 Å². The zero-order valence-corrected chi connectivity index (χ0v) is 13.2. The SMILES string of the molecule is C#CC(=O)c1cncc(Cc2ccc([C@H](C)NC(C)=O)cc2)c1. The van der Waals surface area contributed by atoms with Crippen LogP contribution < -0.4 is 5.32 Å². The average molecular weight is 306 g/mol. The second-order valence-electron chi connectivity index (χ2n) is 5.40. The molecule has 1 N–H and O–H groups in total. The molecule has 1 heterocycles. The zero-order chi connectivity index (χ0) is 16.8. The van der Waals surface area contributed by atoms with Gasteiger partial charge in [0.25, 0.3) is 0 Å². The van der Waals surface area contributed by atoms with Crippen LogP contribution in [0.5, 0.6) is 0 Å². The van der Waals surface area contributed by atoms with Crippen LogP contribution in [0.3, 0.4) is 0 Å². The van der Waals surface area contributed by atoms with Gasteiger partial charge in [0.2, 0.25) is 11.7 Å². The van der Waals surface area contributed by atoms with Crippen LogP contribution in [0, 0.1) is 12.3 Å². The number of benzene rings is 1. The van der Waals surface area contributed by atoms with E-state index in [1.807, 2.05) is 31.2 Å². The Balaban J connectivity index is 2.11. The standard InChI is InChI=1S/C19H18N2O2/c1-4-19(23)18-10-16(11-20-12-18)9-15-5-7-17(8-6-15)13(2)21-14(3)22/h1,5-8,10-13H,9H2,2-3H3,(H,21,22)/t13-/m0/s1. The van der Waals surface area contributed by atoms with Crippen molar-refractivity contribution in [2.45, 2.75) is 26.3 Å². The number of carbonyl (C=O) groups is 2. The Hall–Kier alpha value is -2.93. The Labute approximate surface area is 135 Å². The highest BCUT2D eigenvalue weighted by molar-refractivity contribution is 6.08. The maximum atomic E-state index is 11.5. The van der Waals surface area contributed by atoms with E-state index in [0.717, 1.165) is 16.7 Å². The zero-order valence-electron chi connectivity index (χ0n) is 13.2. The molecule has 0 aliphatic carbocycles. The molecule has 0 unspecified atom stereocenters. The Morgan fingerprint density at radius 2 is 1.91 bits per heavy atom. The minimum absolute atomic E-state index is 0.0280. The molecule has 2 rings (SSSR count). The lowest BCUT2D eigenvalue weighted by Gasteiger charge is -2.13. The summed E-state index contributed by atoms with van der Waals surface area (Å²) in [5, 5.41) is 2.85. The molecule has 2 aromatic rings. The fourth-order valence-corrected chi connectivity index (χ4v) is 2.34. The van der Waals surface area contributed by atoms with Crippen LogP contribution in [-0.4, -0.2) is 16.7 Å². The number of terminal acetylenes is 1. The number of nitrogens with one attached hydrogen (secondary N) is 1. The fraction of sp³-hybridized carbons (Fsp3) is 0.211. The maximum absolute atomic E-state index is 11.5.